The van der Waals surface area contributed by atoms with Gasteiger partial charge in [-0.2, -0.15) is 4.89 Å². The van der Waals surface area contributed by atoms with Gasteiger partial charge in [-0.25, -0.2) is 4.79 Å². The number of hydrogen-bond acceptors (Lipinski definition) is 3. The standard InChI is InChI=1S/C13H18O3/c1-9(2)8-15-16-13(14)12-7-5-6-10(3)11(12)4/h5-7,9H,8H2,1-4H3. The van der Waals surface area contributed by atoms with E-state index in [0.29, 0.717) is 18.1 Å². The van der Waals surface area contributed by atoms with E-state index in [2.05, 4.69) is 0 Å². The molecule has 0 unspecified atom stereocenters. The quantitative estimate of drug-likeness (QED) is 0.580. The van der Waals surface area contributed by atoms with Crippen LogP contribution in [0.5, 0.6) is 0 Å². The first-order valence-electron chi connectivity index (χ1n) is 5.42. The lowest BCUT2D eigenvalue weighted by atomic mass is 10.0. The third kappa shape index (κ3) is 3.35. The Morgan fingerprint density at radius 1 is 1.31 bits per heavy atom. The van der Waals surface area contributed by atoms with Gasteiger partial charge in [-0.3, -0.25) is 4.89 Å². The molecule has 0 amide bonds. The molecule has 0 radical (unpaired) electrons. The molecule has 88 valence electrons. The molecule has 0 bridgehead atoms. The molecule has 0 heterocycles. The molecule has 0 saturated heterocycles. The molecule has 0 atom stereocenters. The molecule has 0 saturated carbocycles. The number of carbonyl (C=O) groups excluding carboxylic acids is 1. The Hall–Kier alpha value is -1.35. The Morgan fingerprint density at radius 2 is 2.00 bits per heavy atom. The summed E-state index contributed by atoms with van der Waals surface area (Å²) in [6.07, 6.45) is 0. The maximum Gasteiger partial charge on any atom is 0.373 e. The smallest absolute Gasteiger partial charge is 0.293 e. The summed E-state index contributed by atoms with van der Waals surface area (Å²) < 4.78 is 0. The maximum absolute atomic E-state index is 11.7. The molecule has 16 heavy (non-hydrogen) atoms. The fourth-order valence-electron chi connectivity index (χ4n) is 1.24. The lowest BCUT2D eigenvalue weighted by Gasteiger charge is -2.08. The van der Waals surface area contributed by atoms with E-state index in [-0.39, 0.29) is 0 Å². The lowest BCUT2D eigenvalue weighted by molar-refractivity contribution is -0.247. The predicted octanol–water partition coefficient (Wildman–Crippen LogP) is 3.05. The number of carbonyl (C=O) groups is 1. The number of hydrogen-bond donors (Lipinski definition) is 0. The van der Waals surface area contributed by atoms with Crippen LogP contribution in [0.1, 0.15) is 35.3 Å². The van der Waals surface area contributed by atoms with E-state index in [1.54, 1.807) is 6.07 Å². The van der Waals surface area contributed by atoms with E-state index in [4.69, 9.17) is 9.78 Å². The molecule has 1 rings (SSSR count). The van der Waals surface area contributed by atoms with Crippen molar-refractivity contribution in [3.63, 3.8) is 0 Å². The zero-order valence-electron chi connectivity index (χ0n) is 10.2. The summed E-state index contributed by atoms with van der Waals surface area (Å²) in [6.45, 7) is 8.25. The van der Waals surface area contributed by atoms with Crippen LogP contribution in [0.3, 0.4) is 0 Å². The number of benzene rings is 1. The third-order valence-corrected chi connectivity index (χ3v) is 2.36. The van der Waals surface area contributed by atoms with Gasteiger partial charge in [0.1, 0.15) is 0 Å². The summed E-state index contributed by atoms with van der Waals surface area (Å²) in [5, 5.41) is 0. The molecule has 0 aromatic heterocycles. The summed E-state index contributed by atoms with van der Waals surface area (Å²) in [5.74, 6) is -0.0896. The molecule has 0 aliphatic carbocycles. The highest BCUT2D eigenvalue weighted by atomic mass is 17.2. The first-order valence-corrected chi connectivity index (χ1v) is 5.42. The van der Waals surface area contributed by atoms with Crippen LogP contribution in [0, 0.1) is 19.8 Å². The van der Waals surface area contributed by atoms with Gasteiger partial charge in [0, 0.05) is 0 Å². The van der Waals surface area contributed by atoms with Gasteiger partial charge in [-0.05, 0) is 37.0 Å². The second kappa shape index (κ2) is 5.66. The van der Waals surface area contributed by atoms with Crippen molar-refractivity contribution in [2.75, 3.05) is 6.61 Å². The molecule has 0 N–H and O–H groups in total. The largest absolute Gasteiger partial charge is 0.373 e. The van der Waals surface area contributed by atoms with Crippen molar-refractivity contribution in [1.82, 2.24) is 0 Å². The first-order chi connectivity index (χ1) is 7.52. The van der Waals surface area contributed by atoms with Crippen molar-refractivity contribution in [2.45, 2.75) is 27.7 Å². The molecule has 0 aliphatic rings. The molecular formula is C13H18O3. The Balaban J connectivity index is 2.63. The van der Waals surface area contributed by atoms with Crippen LogP contribution in [-0.2, 0) is 9.78 Å². The average molecular weight is 222 g/mol. The lowest BCUT2D eigenvalue weighted by Crippen LogP contribution is -2.11. The number of rotatable bonds is 4. The summed E-state index contributed by atoms with van der Waals surface area (Å²) in [6, 6.07) is 5.53. The van der Waals surface area contributed by atoms with Crippen LogP contribution in [0.25, 0.3) is 0 Å². The van der Waals surface area contributed by atoms with Crippen LogP contribution in [0.4, 0.5) is 0 Å². The van der Waals surface area contributed by atoms with E-state index >= 15 is 0 Å². The van der Waals surface area contributed by atoms with Crippen LogP contribution < -0.4 is 0 Å². The van der Waals surface area contributed by atoms with Crippen molar-refractivity contribution in [1.29, 1.82) is 0 Å². The Kier molecular flexibility index (Phi) is 4.50. The van der Waals surface area contributed by atoms with Crippen molar-refractivity contribution < 1.29 is 14.6 Å². The molecule has 3 nitrogen and oxygen atoms in total. The highest BCUT2D eigenvalue weighted by Gasteiger charge is 2.12. The fourth-order valence-corrected chi connectivity index (χ4v) is 1.24. The van der Waals surface area contributed by atoms with Gasteiger partial charge in [-0.15, -0.1) is 0 Å². The van der Waals surface area contributed by atoms with Gasteiger partial charge in [0.05, 0.1) is 12.2 Å². The van der Waals surface area contributed by atoms with Crippen molar-refractivity contribution >= 4 is 5.97 Å². The highest BCUT2D eigenvalue weighted by molar-refractivity contribution is 5.90. The fraction of sp³-hybridized carbons (Fsp3) is 0.462. The Morgan fingerprint density at radius 3 is 2.62 bits per heavy atom. The van der Waals surface area contributed by atoms with Crippen molar-refractivity contribution in [2.24, 2.45) is 5.92 Å². The normalized spacial score (nSPS) is 10.6. The maximum atomic E-state index is 11.7. The van der Waals surface area contributed by atoms with Gasteiger partial charge in [0.2, 0.25) is 0 Å². The monoisotopic (exact) mass is 222 g/mol. The molecule has 0 aliphatic heterocycles. The molecule has 0 fully saturated rings. The minimum atomic E-state index is -0.429. The summed E-state index contributed by atoms with van der Waals surface area (Å²) >= 11 is 0. The highest BCUT2D eigenvalue weighted by Crippen LogP contribution is 2.13. The van der Waals surface area contributed by atoms with Gasteiger partial charge >= 0.3 is 5.97 Å². The van der Waals surface area contributed by atoms with Gasteiger partial charge in [0.15, 0.2) is 0 Å². The van der Waals surface area contributed by atoms with Gasteiger partial charge in [0.25, 0.3) is 0 Å². The van der Waals surface area contributed by atoms with Crippen molar-refractivity contribution in [3.05, 3.63) is 34.9 Å². The molecule has 3 heteroatoms. The van der Waals surface area contributed by atoms with Crippen LogP contribution in [0.2, 0.25) is 0 Å². The second-order valence-corrected chi connectivity index (χ2v) is 4.30. The first kappa shape index (κ1) is 12.7. The van der Waals surface area contributed by atoms with E-state index in [9.17, 15) is 4.79 Å². The van der Waals surface area contributed by atoms with Crippen molar-refractivity contribution in [3.8, 4) is 0 Å². The molecular weight excluding hydrogens is 204 g/mol. The minimum absolute atomic E-state index is 0.339. The van der Waals surface area contributed by atoms with Crippen LogP contribution in [-0.4, -0.2) is 12.6 Å². The SMILES string of the molecule is Cc1cccc(C(=O)OOCC(C)C)c1C. The Bertz CT molecular complexity index is 369. The number of aryl methyl sites for hydroxylation is 1. The van der Waals surface area contributed by atoms with E-state index in [1.165, 1.54) is 0 Å². The topological polar surface area (TPSA) is 35.5 Å². The second-order valence-electron chi connectivity index (χ2n) is 4.30. The predicted molar refractivity (Wildman–Crippen MR) is 62.1 cm³/mol. The Labute approximate surface area is 96.3 Å². The summed E-state index contributed by atoms with van der Waals surface area (Å²) in [4.78, 5) is 21.2. The van der Waals surface area contributed by atoms with E-state index in [0.717, 1.165) is 11.1 Å². The summed E-state index contributed by atoms with van der Waals surface area (Å²) in [5.41, 5.74) is 2.56. The minimum Gasteiger partial charge on any atom is -0.293 e. The van der Waals surface area contributed by atoms with Gasteiger partial charge < -0.3 is 0 Å². The van der Waals surface area contributed by atoms with Gasteiger partial charge in [-0.1, -0.05) is 26.0 Å². The zero-order valence-corrected chi connectivity index (χ0v) is 10.2. The molecule has 1 aromatic rings. The zero-order chi connectivity index (χ0) is 12.1. The van der Waals surface area contributed by atoms with Crippen LogP contribution in [0.15, 0.2) is 18.2 Å². The molecule has 1 aromatic carbocycles. The average Bonchev–Trinajstić information content (AvgIpc) is 2.21. The third-order valence-electron chi connectivity index (χ3n) is 2.36. The van der Waals surface area contributed by atoms with E-state index in [1.807, 2.05) is 39.8 Å². The molecule has 0 spiro atoms. The summed E-state index contributed by atoms with van der Waals surface area (Å²) in [7, 11) is 0. The van der Waals surface area contributed by atoms with E-state index < -0.39 is 5.97 Å². The van der Waals surface area contributed by atoms with Crippen LogP contribution >= 0.6 is 0 Å².